The number of methoxy groups -OCH3 is 2. The van der Waals surface area contributed by atoms with Crippen molar-refractivity contribution >= 4 is 15.9 Å². The molecule has 1 heterocycles. The van der Waals surface area contributed by atoms with Gasteiger partial charge in [-0.2, -0.15) is 4.31 Å². The number of rotatable bonds is 8. The number of carbonyl (C=O) groups is 1. The molecule has 1 N–H and O–H groups in total. The zero-order chi connectivity index (χ0) is 20.0. The van der Waals surface area contributed by atoms with Gasteiger partial charge in [0.1, 0.15) is 16.4 Å². The van der Waals surface area contributed by atoms with Crippen LogP contribution in [-0.2, 0) is 14.8 Å². The van der Waals surface area contributed by atoms with Crippen LogP contribution in [0.2, 0.25) is 0 Å². The highest BCUT2D eigenvalue weighted by Crippen LogP contribution is 2.31. The standard InChI is InChI=1S/C18H29N3O5S/c1-14(2)21(10-7-18(22)20-11-8-19-9-12-20)27(23,24)17-13-15(25-3)5-6-16(17)26-4/h5-6,13-14,19H,7-12H2,1-4H3. The highest BCUT2D eigenvalue weighted by atomic mass is 32.2. The average Bonchev–Trinajstić information content (AvgIpc) is 2.67. The predicted molar refractivity (Wildman–Crippen MR) is 103 cm³/mol. The summed E-state index contributed by atoms with van der Waals surface area (Å²) < 4.78 is 38.3. The molecule has 1 aliphatic heterocycles. The Bertz CT molecular complexity index is 745. The summed E-state index contributed by atoms with van der Waals surface area (Å²) in [5, 5.41) is 3.20. The summed E-state index contributed by atoms with van der Waals surface area (Å²) in [7, 11) is -0.955. The molecule has 2 rings (SSSR count). The van der Waals surface area contributed by atoms with E-state index in [9.17, 15) is 13.2 Å². The SMILES string of the molecule is COc1ccc(OC)c(S(=O)(=O)N(CCC(=O)N2CCNCC2)C(C)C)c1. The van der Waals surface area contributed by atoms with Crippen LogP contribution >= 0.6 is 0 Å². The summed E-state index contributed by atoms with van der Waals surface area (Å²) >= 11 is 0. The van der Waals surface area contributed by atoms with Gasteiger partial charge in [0.05, 0.1) is 14.2 Å². The highest BCUT2D eigenvalue weighted by Gasteiger charge is 2.31. The minimum atomic E-state index is -3.86. The van der Waals surface area contributed by atoms with Crippen LogP contribution in [0.5, 0.6) is 11.5 Å². The monoisotopic (exact) mass is 399 g/mol. The van der Waals surface area contributed by atoms with Crippen molar-refractivity contribution < 1.29 is 22.7 Å². The Hall–Kier alpha value is -1.84. The van der Waals surface area contributed by atoms with Crippen LogP contribution in [-0.4, -0.2) is 76.5 Å². The molecule has 1 amide bonds. The molecule has 0 radical (unpaired) electrons. The van der Waals surface area contributed by atoms with E-state index in [-0.39, 0.29) is 35.6 Å². The van der Waals surface area contributed by atoms with E-state index in [1.54, 1.807) is 30.9 Å². The minimum Gasteiger partial charge on any atom is -0.497 e. The summed E-state index contributed by atoms with van der Waals surface area (Å²) in [6.45, 7) is 6.52. The van der Waals surface area contributed by atoms with Crippen molar-refractivity contribution in [3.05, 3.63) is 18.2 Å². The maximum absolute atomic E-state index is 13.3. The van der Waals surface area contributed by atoms with Gasteiger partial charge in [-0.3, -0.25) is 4.79 Å². The van der Waals surface area contributed by atoms with Gasteiger partial charge in [0.2, 0.25) is 15.9 Å². The summed E-state index contributed by atoms with van der Waals surface area (Å²) in [5.41, 5.74) is 0. The normalized spacial score (nSPS) is 15.3. The van der Waals surface area contributed by atoms with Crippen molar-refractivity contribution in [3.8, 4) is 11.5 Å². The summed E-state index contributed by atoms with van der Waals surface area (Å²) in [4.78, 5) is 14.3. The molecule has 0 saturated carbocycles. The Kier molecular flexibility index (Phi) is 7.46. The highest BCUT2D eigenvalue weighted by molar-refractivity contribution is 7.89. The molecule has 9 heteroatoms. The Balaban J connectivity index is 2.23. The van der Waals surface area contributed by atoms with E-state index < -0.39 is 10.0 Å². The van der Waals surface area contributed by atoms with E-state index >= 15 is 0 Å². The average molecular weight is 400 g/mol. The van der Waals surface area contributed by atoms with Gasteiger partial charge >= 0.3 is 0 Å². The van der Waals surface area contributed by atoms with E-state index in [0.29, 0.717) is 18.8 Å². The fraction of sp³-hybridized carbons (Fsp3) is 0.611. The Labute approximate surface area is 161 Å². The number of nitrogens with zero attached hydrogens (tertiary/aromatic N) is 2. The van der Waals surface area contributed by atoms with Crippen LogP contribution in [0.25, 0.3) is 0 Å². The van der Waals surface area contributed by atoms with Crippen molar-refractivity contribution in [2.24, 2.45) is 0 Å². The van der Waals surface area contributed by atoms with Crippen LogP contribution in [0, 0.1) is 0 Å². The largest absolute Gasteiger partial charge is 0.497 e. The Morgan fingerprint density at radius 2 is 1.89 bits per heavy atom. The van der Waals surface area contributed by atoms with E-state index in [4.69, 9.17) is 9.47 Å². The van der Waals surface area contributed by atoms with Crippen molar-refractivity contribution in [2.75, 3.05) is 46.9 Å². The quantitative estimate of drug-likeness (QED) is 0.700. The van der Waals surface area contributed by atoms with Gasteiger partial charge in [-0.05, 0) is 26.0 Å². The van der Waals surface area contributed by atoms with Crippen molar-refractivity contribution in [1.29, 1.82) is 0 Å². The fourth-order valence-corrected chi connectivity index (χ4v) is 4.86. The van der Waals surface area contributed by atoms with Crippen LogP contribution in [0.15, 0.2) is 23.1 Å². The van der Waals surface area contributed by atoms with Crippen LogP contribution in [0.1, 0.15) is 20.3 Å². The van der Waals surface area contributed by atoms with Gasteiger partial charge in [0, 0.05) is 51.3 Å². The van der Waals surface area contributed by atoms with Crippen LogP contribution < -0.4 is 14.8 Å². The van der Waals surface area contributed by atoms with Gasteiger partial charge in [-0.1, -0.05) is 0 Å². The fourth-order valence-electron chi connectivity index (χ4n) is 3.05. The maximum atomic E-state index is 13.3. The molecular weight excluding hydrogens is 370 g/mol. The lowest BCUT2D eigenvalue weighted by molar-refractivity contribution is -0.131. The molecule has 0 aliphatic carbocycles. The van der Waals surface area contributed by atoms with E-state index in [2.05, 4.69) is 5.32 Å². The molecule has 1 aromatic rings. The molecule has 8 nitrogen and oxygen atoms in total. The topological polar surface area (TPSA) is 88.2 Å². The van der Waals surface area contributed by atoms with E-state index in [0.717, 1.165) is 13.1 Å². The summed E-state index contributed by atoms with van der Waals surface area (Å²) in [6, 6.07) is 4.35. The third-order valence-corrected chi connectivity index (χ3v) is 6.65. The first-order chi connectivity index (χ1) is 12.8. The second kappa shape index (κ2) is 9.38. The first-order valence-corrected chi connectivity index (χ1v) is 10.5. The van der Waals surface area contributed by atoms with Gasteiger partial charge in [-0.25, -0.2) is 8.42 Å². The lowest BCUT2D eigenvalue weighted by Crippen LogP contribution is -2.47. The number of benzene rings is 1. The third kappa shape index (κ3) is 5.12. The third-order valence-electron chi connectivity index (χ3n) is 4.55. The van der Waals surface area contributed by atoms with Gasteiger partial charge in [0.25, 0.3) is 0 Å². The van der Waals surface area contributed by atoms with Crippen LogP contribution in [0.4, 0.5) is 0 Å². The lowest BCUT2D eigenvalue weighted by atomic mass is 10.3. The van der Waals surface area contributed by atoms with Gasteiger partial charge in [0.15, 0.2) is 0 Å². The smallest absolute Gasteiger partial charge is 0.247 e. The number of ether oxygens (including phenoxy) is 2. The molecule has 0 bridgehead atoms. The molecule has 1 aliphatic rings. The minimum absolute atomic E-state index is 0.0324. The zero-order valence-electron chi connectivity index (χ0n) is 16.4. The van der Waals surface area contributed by atoms with Crippen molar-refractivity contribution in [1.82, 2.24) is 14.5 Å². The van der Waals surface area contributed by atoms with Crippen LogP contribution in [0.3, 0.4) is 0 Å². The molecule has 1 saturated heterocycles. The molecule has 152 valence electrons. The Morgan fingerprint density at radius 3 is 2.44 bits per heavy atom. The molecule has 0 unspecified atom stereocenters. The zero-order valence-corrected chi connectivity index (χ0v) is 17.2. The molecule has 0 aromatic heterocycles. The number of hydrogen-bond acceptors (Lipinski definition) is 6. The Morgan fingerprint density at radius 1 is 1.22 bits per heavy atom. The number of hydrogen-bond donors (Lipinski definition) is 1. The number of carbonyl (C=O) groups excluding carboxylic acids is 1. The predicted octanol–water partition coefficient (Wildman–Crippen LogP) is 0.925. The van der Waals surface area contributed by atoms with Crippen molar-refractivity contribution in [3.63, 3.8) is 0 Å². The van der Waals surface area contributed by atoms with Gasteiger partial charge in [-0.15, -0.1) is 0 Å². The second-order valence-electron chi connectivity index (χ2n) is 6.61. The lowest BCUT2D eigenvalue weighted by Gasteiger charge is -2.30. The first kappa shape index (κ1) is 21.5. The van der Waals surface area contributed by atoms with Gasteiger partial charge < -0.3 is 19.7 Å². The second-order valence-corrected chi connectivity index (χ2v) is 8.47. The number of nitrogens with one attached hydrogen (secondary N) is 1. The first-order valence-electron chi connectivity index (χ1n) is 9.03. The molecule has 1 aromatic carbocycles. The van der Waals surface area contributed by atoms with Crippen molar-refractivity contribution in [2.45, 2.75) is 31.2 Å². The van der Waals surface area contributed by atoms with E-state index in [1.165, 1.54) is 24.6 Å². The molecule has 1 fully saturated rings. The summed E-state index contributed by atoms with van der Waals surface area (Å²) in [5.74, 6) is 0.639. The molecule has 0 atom stereocenters. The molecular formula is C18H29N3O5S. The molecule has 0 spiro atoms. The number of sulfonamides is 1. The van der Waals surface area contributed by atoms with E-state index in [1.807, 2.05) is 0 Å². The maximum Gasteiger partial charge on any atom is 0.247 e. The molecule has 27 heavy (non-hydrogen) atoms. The number of piperazine rings is 1. The number of amides is 1. The summed E-state index contributed by atoms with van der Waals surface area (Å²) in [6.07, 6.45) is 0.143.